The Hall–Kier alpha value is -1.22. The fraction of sp³-hybridized carbons (Fsp3) is 0.538. The zero-order valence-corrected chi connectivity index (χ0v) is 10.5. The van der Waals surface area contributed by atoms with E-state index in [9.17, 15) is 5.11 Å². The molecule has 0 radical (unpaired) electrons. The molecule has 0 saturated carbocycles. The van der Waals surface area contributed by atoms with E-state index in [4.69, 9.17) is 4.74 Å². The van der Waals surface area contributed by atoms with E-state index in [2.05, 4.69) is 26.1 Å². The molecule has 0 bridgehead atoms. The van der Waals surface area contributed by atoms with Crippen molar-refractivity contribution in [2.24, 2.45) is 5.41 Å². The lowest BCUT2D eigenvalue weighted by Gasteiger charge is -2.18. The molecule has 3 nitrogen and oxygen atoms in total. The van der Waals surface area contributed by atoms with Gasteiger partial charge < -0.3 is 15.2 Å². The van der Waals surface area contributed by atoms with Crippen LogP contribution in [0.1, 0.15) is 26.3 Å². The molecule has 0 aliphatic rings. The Balaban J connectivity index is 2.55. The summed E-state index contributed by atoms with van der Waals surface area (Å²) in [6.45, 7) is 8.32. The maximum Gasteiger partial charge on any atom is 0.160 e. The third-order valence-electron chi connectivity index (χ3n) is 2.23. The second kappa shape index (κ2) is 5.21. The van der Waals surface area contributed by atoms with E-state index in [0.717, 1.165) is 18.7 Å². The number of phenols is 1. The highest BCUT2D eigenvalue weighted by Crippen LogP contribution is 2.26. The molecule has 90 valence electrons. The highest BCUT2D eigenvalue weighted by atomic mass is 16.5. The molecule has 0 aliphatic heterocycles. The molecule has 0 atom stereocenters. The minimum atomic E-state index is 0.182. The average molecular weight is 223 g/mol. The lowest BCUT2D eigenvalue weighted by Crippen LogP contribution is -2.26. The van der Waals surface area contributed by atoms with Gasteiger partial charge in [0, 0.05) is 13.1 Å². The third kappa shape index (κ3) is 4.11. The number of hydrogen-bond acceptors (Lipinski definition) is 3. The zero-order valence-electron chi connectivity index (χ0n) is 10.5. The lowest BCUT2D eigenvalue weighted by atomic mass is 9.97. The van der Waals surface area contributed by atoms with Crippen LogP contribution in [0.2, 0.25) is 0 Å². The smallest absolute Gasteiger partial charge is 0.160 e. The lowest BCUT2D eigenvalue weighted by molar-refractivity contribution is 0.369. The Labute approximate surface area is 97.4 Å². The quantitative estimate of drug-likeness (QED) is 0.824. The molecule has 0 amide bonds. The highest BCUT2D eigenvalue weighted by Gasteiger charge is 2.09. The van der Waals surface area contributed by atoms with Gasteiger partial charge in [0.15, 0.2) is 11.5 Å². The molecule has 1 aromatic carbocycles. The minimum Gasteiger partial charge on any atom is -0.504 e. The van der Waals surface area contributed by atoms with Crippen LogP contribution < -0.4 is 10.1 Å². The predicted molar refractivity (Wildman–Crippen MR) is 65.8 cm³/mol. The second-order valence-corrected chi connectivity index (χ2v) is 5.17. The molecule has 2 N–H and O–H groups in total. The fourth-order valence-electron chi connectivity index (χ4n) is 1.41. The van der Waals surface area contributed by atoms with E-state index < -0.39 is 0 Å². The van der Waals surface area contributed by atoms with Gasteiger partial charge in [-0.15, -0.1) is 0 Å². The Morgan fingerprint density at radius 3 is 2.56 bits per heavy atom. The van der Waals surface area contributed by atoms with Crippen LogP contribution in [0.3, 0.4) is 0 Å². The molecular weight excluding hydrogens is 202 g/mol. The Kier molecular flexibility index (Phi) is 4.19. The van der Waals surface area contributed by atoms with Crippen molar-refractivity contribution in [2.75, 3.05) is 13.7 Å². The van der Waals surface area contributed by atoms with Gasteiger partial charge in [-0.3, -0.25) is 0 Å². The number of nitrogens with one attached hydrogen (secondary N) is 1. The molecule has 0 spiro atoms. The highest BCUT2D eigenvalue weighted by molar-refractivity contribution is 5.41. The van der Waals surface area contributed by atoms with Crippen LogP contribution in [-0.4, -0.2) is 18.8 Å². The van der Waals surface area contributed by atoms with E-state index in [0.29, 0.717) is 5.75 Å². The summed E-state index contributed by atoms with van der Waals surface area (Å²) in [7, 11) is 1.56. The minimum absolute atomic E-state index is 0.182. The van der Waals surface area contributed by atoms with Crippen LogP contribution >= 0.6 is 0 Å². The van der Waals surface area contributed by atoms with Crippen LogP contribution in [-0.2, 0) is 6.54 Å². The summed E-state index contributed by atoms with van der Waals surface area (Å²) >= 11 is 0. The number of aromatic hydroxyl groups is 1. The van der Waals surface area contributed by atoms with Crippen LogP contribution in [0.4, 0.5) is 0 Å². The van der Waals surface area contributed by atoms with Crippen molar-refractivity contribution in [3.05, 3.63) is 23.8 Å². The van der Waals surface area contributed by atoms with Crippen molar-refractivity contribution in [3.63, 3.8) is 0 Å². The second-order valence-electron chi connectivity index (χ2n) is 5.17. The Morgan fingerprint density at radius 2 is 2.00 bits per heavy atom. The van der Waals surface area contributed by atoms with E-state index in [-0.39, 0.29) is 11.2 Å². The van der Waals surface area contributed by atoms with Crippen molar-refractivity contribution < 1.29 is 9.84 Å². The van der Waals surface area contributed by atoms with Crippen molar-refractivity contribution in [1.82, 2.24) is 5.32 Å². The van der Waals surface area contributed by atoms with E-state index in [1.807, 2.05) is 12.1 Å². The third-order valence-corrected chi connectivity index (χ3v) is 2.23. The van der Waals surface area contributed by atoms with Gasteiger partial charge in [0.25, 0.3) is 0 Å². The van der Waals surface area contributed by atoms with Crippen molar-refractivity contribution in [3.8, 4) is 11.5 Å². The van der Waals surface area contributed by atoms with Gasteiger partial charge in [-0.1, -0.05) is 26.8 Å². The SMILES string of the molecule is COc1cc(CNCC(C)(C)C)ccc1O. The number of phenolic OH excluding ortho intramolecular Hbond substituents is 1. The molecular formula is C13H21NO2. The number of ether oxygens (including phenoxy) is 1. The van der Waals surface area contributed by atoms with Gasteiger partial charge in [-0.2, -0.15) is 0 Å². The summed E-state index contributed by atoms with van der Waals surface area (Å²) in [6.07, 6.45) is 0. The van der Waals surface area contributed by atoms with Crippen molar-refractivity contribution in [1.29, 1.82) is 0 Å². The van der Waals surface area contributed by atoms with Crippen LogP contribution in [0.5, 0.6) is 11.5 Å². The maximum atomic E-state index is 9.44. The largest absolute Gasteiger partial charge is 0.504 e. The first-order valence-corrected chi connectivity index (χ1v) is 5.49. The Morgan fingerprint density at radius 1 is 1.31 bits per heavy atom. The van der Waals surface area contributed by atoms with Crippen LogP contribution in [0, 0.1) is 5.41 Å². The molecule has 0 unspecified atom stereocenters. The predicted octanol–water partition coefficient (Wildman–Crippen LogP) is 2.54. The van der Waals surface area contributed by atoms with Gasteiger partial charge in [-0.25, -0.2) is 0 Å². The number of methoxy groups -OCH3 is 1. The summed E-state index contributed by atoms with van der Waals surface area (Å²) in [5, 5.41) is 12.8. The van der Waals surface area contributed by atoms with Crippen molar-refractivity contribution >= 4 is 0 Å². The molecule has 3 heteroatoms. The van der Waals surface area contributed by atoms with Crippen LogP contribution in [0.25, 0.3) is 0 Å². The van der Waals surface area contributed by atoms with Crippen molar-refractivity contribution in [2.45, 2.75) is 27.3 Å². The first kappa shape index (κ1) is 12.8. The summed E-state index contributed by atoms with van der Waals surface area (Å²) in [5.41, 5.74) is 1.39. The molecule has 1 aromatic rings. The molecule has 0 aromatic heterocycles. The fourth-order valence-corrected chi connectivity index (χ4v) is 1.41. The molecule has 0 heterocycles. The summed E-state index contributed by atoms with van der Waals surface area (Å²) in [6, 6.07) is 5.41. The van der Waals surface area contributed by atoms with E-state index in [1.54, 1.807) is 13.2 Å². The summed E-state index contributed by atoms with van der Waals surface area (Å²) in [4.78, 5) is 0. The van der Waals surface area contributed by atoms with Crippen LogP contribution in [0.15, 0.2) is 18.2 Å². The van der Waals surface area contributed by atoms with Gasteiger partial charge in [0.1, 0.15) is 0 Å². The molecule has 1 rings (SSSR count). The van der Waals surface area contributed by atoms with Gasteiger partial charge in [0.05, 0.1) is 7.11 Å². The number of benzene rings is 1. The topological polar surface area (TPSA) is 41.5 Å². The molecule has 0 saturated heterocycles. The van der Waals surface area contributed by atoms with Gasteiger partial charge in [-0.05, 0) is 23.1 Å². The summed E-state index contributed by atoms with van der Waals surface area (Å²) < 4.78 is 5.06. The number of hydrogen-bond donors (Lipinski definition) is 2. The molecule has 0 fully saturated rings. The van der Waals surface area contributed by atoms with Gasteiger partial charge in [0.2, 0.25) is 0 Å². The molecule has 0 aliphatic carbocycles. The summed E-state index contributed by atoms with van der Waals surface area (Å²) in [5.74, 6) is 0.706. The monoisotopic (exact) mass is 223 g/mol. The first-order valence-electron chi connectivity index (χ1n) is 5.49. The normalized spacial score (nSPS) is 11.5. The zero-order chi connectivity index (χ0) is 12.2. The Bertz CT molecular complexity index is 342. The maximum absolute atomic E-state index is 9.44. The number of rotatable bonds is 4. The van der Waals surface area contributed by atoms with E-state index >= 15 is 0 Å². The average Bonchev–Trinajstić information content (AvgIpc) is 2.18. The standard InChI is InChI=1S/C13H21NO2/c1-13(2,3)9-14-8-10-5-6-11(15)12(7-10)16-4/h5-7,14-15H,8-9H2,1-4H3. The van der Waals surface area contributed by atoms with E-state index in [1.165, 1.54) is 0 Å². The molecule has 16 heavy (non-hydrogen) atoms. The van der Waals surface area contributed by atoms with Gasteiger partial charge >= 0.3 is 0 Å². The first-order chi connectivity index (χ1) is 7.42.